The fourth-order valence-electron chi connectivity index (χ4n) is 1.76. The first-order chi connectivity index (χ1) is 9.29. The Hall–Kier alpha value is -0.780. The van der Waals surface area contributed by atoms with E-state index >= 15 is 0 Å². The summed E-state index contributed by atoms with van der Waals surface area (Å²) in [6, 6.07) is 2.19. The van der Waals surface area contributed by atoms with Gasteiger partial charge in [0.05, 0.1) is 26.3 Å². The minimum atomic E-state index is -3.60. The lowest BCUT2D eigenvalue weighted by Crippen LogP contribution is -2.09. The number of unbranched alkanes of at least 4 members (excludes halogenated alkanes) is 3. The van der Waals surface area contributed by atoms with Crippen molar-refractivity contribution in [2.24, 2.45) is 0 Å². The van der Waals surface area contributed by atoms with Crippen molar-refractivity contribution in [2.75, 3.05) is 5.75 Å². The van der Waals surface area contributed by atoms with Crippen molar-refractivity contribution >= 4 is 39.0 Å². The topological polar surface area (TPSA) is 71.4 Å². The molecule has 0 saturated carbocycles. The lowest BCUT2D eigenvalue weighted by molar-refractivity contribution is 0.0697. The third kappa shape index (κ3) is 4.36. The van der Waals surface area contributed by atoms with Crippen molar-refractivity contribution < 1.29 is 18.3 Å². The fraction of sp³-hybridized carbons (Fsp3) is 0.462. The van der Waals surface area contributed by atoms with Crippen molar-refractivity contribution in [3.63, 3.8) is 0 Å². The van der Waals surface area contributed by atoms with Crippen LogP contribution in [0, 0.1) is 0 Å². The van der Waals surface area contributed by atoms with Gasteiger partial charge in [-0.15, -0.1) is 0 Å². The second-order valence-corrected chi connectivity index (χ2v) is 7.34. The van der Waals surface area contributed by atoms with Gasteiger partial charge in [-0.25, -0.2) is 13.2 Å². The molecule has 112 valence electrons. The van der Waals surface area contributed by atoms with E-state index in [2.05, 4.69) is 0 Å². The van der Waals surface area contributed by atoms with Gasteiger partial charge in [-0.2, -0.15) is 0 Å². The summed E-state index contributed by atoms with van der Waals surface area (Å²) in [5, 5.41) is 8.85. The lowest BCUT2D eigenvalue weighted by atomic mass is 10.2. The number of carboxylic acids is 1. The highest BCUT2D eigenvalue weighted by Crippen LogP contribution is 2.29. The zero-order chi connectivity index (χ0) is 15.3. The Labute approximate surface area is 128 Å². The standard InChI is InChI=1S/C13H16Cl2O4S/c1-2-3-4-5-6-20(18,19)12-7-9(13(16)17)10(14)8-11(12)15/h7-8H,2-6H2,1H3,(H,16,17). The first-order valence-corrected chi connectivity index (χ1v) is 8.65. The summed E-state index contributed by atoms with van der Waals surface area (Å²) in [5.41, 5.74) is -0.261. The maximum absolute atomic E-state index is 12.2. The molecule has 0 aliphatic carbocycles. The number of halogens is 2. The van der Waals surface area contributed by atoms with Crippen LogP contribution in [-0.2, 0) is 9.84 Å². The maximum Gasteiger partial charge on any atom is 0.337 e. The molecule has 1 aromatic rings. The van der Waals surface area contributed by atoms with E-state index in [0.29, 0.717) is 6.42 Å². The molecule has 0 spiro atoms. The number of benzene rings is 1. The summed E-state index contributed by atoms with van der Waals surface area (Å²) < 4.78 is 24.4. The molecular formula is C13H16Cl2O4S. The second-order valence-electron chi connectivity index (χ2n) is 4.45. The Kier molecular flexibility index (Phi) is 6.30. The zero-order valence-corrected chi connectivity index (χ0v) is 13.4. The van der Waals surface area contributed by atoms with Crippen LogP contribution in [0.4, 0.5) is 0 Å². The van der Waals surface area contributed by atoms with Crippen molar-refractivity contribution in [3.8, 4) is 0 Å². The summed E-state index contributed by atoms with van der Waals surface area (Å²) in [6.07, 6.45) is 3.30. The van der Waals surface area contributed by atoms with Gasteiger partial charge in [-0.1, -0.05) is 49.4 Å². The number of hydrogen-bond donors (Lipinski definition) is 1. The van der Waals surface area contributed by atoms with Gasteiger partial charge in [0.25, 0.3) is 0 Å². The van der Waals surface area contributed by atoms with Crippen LogP contribution < -0.4 is 0 Å². The van der Waals surface area contributed by atoms with Crippen LogP contribution in [0.2, 0.25) is 10.0 Å². The van der Waals surface area contributed by atoms with E-state index in [1.165, 1.54) is 0 Å². The second kappa shape index (κ2) is 7.29. The summed E-state index contributed by atoms with van der Waals surface area (Å²) in [7, 11) is -3.60. The minimum Gasteiger partial charge on any atom is -0.478 e. The van der Waals surface area contributed by atoms with Gasteiger partial charge in [0.15, 0.2) is 9.84 Å². The Morgan fingerprint density at radius 3 is 2.35 bits per heavy atom. The van der Waals surface area contributed by atoms with Crippen LogP contribution >= 0.6 is 23.2 Å². The van der Waals surface area contributed by atoms with E-state index in [4.69, 9.17) is 28.3 Å². The third-order valence-corrected chi connectivity index (χ3v) is 5.43. The van der Waals surface area contributed by atoms with Crippen molar-refractivity contribution in [2.45, 2.75) is 37.5 Å². The lowest BCUT2D eigenvalue weighted by Gasteiger charge is -2.09. The van der Waals surface area contributed by atoms with Gasteiger partial charge in [0, 0.05) is 0 Å². The average Bonchev–Trinajstić information content (AvgIpc) is 2.33. The SMILES string of the molecule is CCCCCCS(=O)(=O)c1cc(C(=O)O)c(Cl)cc1Cl. The van der Waals surface area contributed by atoms with E-state index < -0.39 is 15.8 Å². The van der Waals surface area contributed by atoms with Gasteiger partial charge < -0.3 is 5.11 Å². The van der Waals surface area contributed by atoms with E-state index in [0.717, 1.165) is 31.4 Å². The number of rotatable bonds is 7. The molecule has 1 N–H and O–H groups in total. The molecule has 0 aliphatic heterocycles. The molecule has 0 aliphatic rings. The summed E-state index contributed by atoms with van der Waals surface area (Å²) in [5.74, 6) is -1.33. The Bertz CT molecular complexity index is 597. The molecule has 1 aromatic carbocycles. The molecule has 0 unspecified atom stereocenters. The molecule has 0 fully saturated rings. The molecule has 0 atom stereocenters. The summed E-state index contributed by atoms with van der Waals surface area (Å²) >= 11 is 11.6. The van der Waals surface area contributed by atoms with Crippen molar-refractivity contribution in [1.82, 2.24) is 0 Å². The van der Waals surface area contributed by atoms with Crippen LogP contribution in [0.5, 0.6) is 0 Å². The van der Waals surface area contributed by atoms with Crippen LogP contribution in [0.1, 0.15) is 43.0 Å². The molecule has 0 heterocycles. The van der Waals surface area contributed by atoms with Crippen LogP contribution in [-0.4, -0.2) is 25.2 Å². The van der Waals surface area contributed by atoms with Crippen molar-refractivity contribution in [3.05, 3.63) is 27.7 Å². The van der Waals surface area contributed by atoms with Gasteiger partial charge in [-0.05, 0) is 18.6 Å². The zero-order valence-electron chi connectivity index (χ0n) is 11.0. The monoisotopic (exact) mass is 338 g/mol. The van der Waals surface area contributed by atoms with Crippen molar-refractivity contribution in [1.29, 1.82) is 0 Å². The smallest absolute Gasteiger partial charge is 0.337 e. The predicted molar refractivity (Wildman–Crippen MR) is 79.6 cm³/mol. The largest absolute Gasteiger partial charge is 0.478 e. The van der Waals surface area contributed by atoms with E-state index in [1.54, 1.807) is 0 Å². The summed E-state index contributed by atoms with van der Waals surface area (Å²) in [6.45, 7) is 2.03. The molecule has 0 saturated heterocycles. The molecule has 0 amide bonds. The quantitative estimate of drug-likeness (QED) is 0.761. The predicted octanol–water partition coefficient (Wildman–Crippen LogP) is 4.05. The van der Waals surface area contributed by atoms with Gasteiger partial charge in [0.2, 0.25) is 0 Å². The van der Waals surface area contributed by atoms with Gasteiger partial charge >= 0.3 is 5.97 Å². The molecule has 4 nitrogen and oxygen atoms in total. The number of aromatic carboxylic acids is 1. The highest BCUT2D eigenvalue weighted by molar-refractivity contribution is 7.91. The average molecular weight is 339 g/mol. The highest BCUT2D eigenvalue weighted by atomic mass is 35.5. The first-order valence-electron chi connectivity index (χ1n) is 6.24. The van der Waals surface area contributed by atoms with Gasteiger partial charge in [0.1, 0.15) is 0 Å². The Morgan fingerprint density at radius 2 is 1.80 bits per heavy atom. The molecule has 7 heteroatoms. The van der Waals surface area contributed by atoms with E-state index in [1.807, 2.05) is 6.92 Å². The first kappa shape index (κ1) is 17.3. The van der Waals surface area contributed by atoms with Crippen LogP contribution in [0.25, 0.3) is 0 Å². The number of carboxylic acid groups (broad SMARTS) is 1. The molecular weight excluding hydrogens is 323 g/mol. The Morgan fingerprint density at radius 1 is 1.15 bits per heavy atom. The molecule has 0 radical (unpaired) electrons. The molecule has 20 heavy (non-hydrogen) atoms. The minimum absolute atomic E-state index is 0.0458. The molecule has 0 bridgehead atoms. The number of carbonyl (C=O) groups is 1. The van der Waals surface area contributed by atoms with Crippen LogP contribution in [0.3, 0.4) is 0 Å². The molecule has 1 rings (SSSR count). The third-order valence-electron chi connectivity index (χ3n) is 2.85. The highest BCUT2D eigenvalue weighted by Gasteiger charge is 2.22. The Balaban J connectivity index is 3.05. The number of hydrogen-bond acceptors (Lipinski definition) is 3. The number of sulfone groups is 1. The van der Waals surface area contributed by atoms with E-state index in [9.17, 15) is 13.2 Å². The summed E-state index contributed by atoms with van der Waals surface area (Å²) in [4.78, 5) is 10.8. The molecule has 0 aromatic heterocycles. The van der Waals surface area contributed by atoms with E-state index in [-0.39, 0.29) is 26.3 Å². The van der Waals surface area contributed by atoms with Crippen LogP contribution in [0.15, 0.2) is 17.0 Å². The normalized spacial score (nSPS) is 11.6. The fourth-order valence-corrected chi connectivity index (χ4v) is 4.03. The van der Waals surface area contributed by atoms with Gasteiger partial charge in [-0.3, -0.25) is 0 Å². The maximum atomic E-state index is 12.2.